The summed E-state index contributed by atoms with van der Waals surface area (Å²) in [5.41, 5.74) is 0.255. The van der Waals surface area contributed by atoms with Crippen LogP contribution >= 0.6 is 11.6 Å². The molecule has 1 amide bonds. The quantitative estimate of drug-likeness (QED) is 0.714. The minimum Gasteiger partial charge on any atom is -0.395 e. The number of nitrogens with zero attached hydrogens (tertiary/aromatic N) is 2. The average Bonchev–Trinajstić information content (AvgIpc) is 2.15. The summed E-state index contributed by atoms with van der Waals surface area (Å²) in [7, 11) is 0. The van der Waals surface area contributed by atoms with E-state index >= 15 is 0 Å². The molecule has 1 aromatic rings. The molecule has 0 aliphatic carbocycles. The van der Waals surface area contributed by atoms with E-state index < -0.39 is 0 Å². The van der Waals surface area contributed by atoms with Gasteiger partial charge in [-0.2, -0.15) is 5.10 Å². The first kappa shape index (κ1) is 9.88. The van der Waals surface area contributed by atoms with Crippen molar-refractivity contribution in [1.82, 2.24) is 15.5 Å². The van der Waals surface area contributed by atoms with Crippen molar-refractivity contribution in [3.05, 3.63) is 23.0 Å². The lowest BCUT2D eigenvalue weighted by Gasteiger charge is -2.02. The largest absolute Gasteiger partial charge is 0.395 e. The summed E-state index contributed by atoms with van der Waals surface area (Å²) in [5, 5.41) is 18.0. The highest BCUT2D eigenvalue weighted by Crippen LogP contribution is 2.09. The SMILES string of the molecule is O=C(NCCO)c1ccnnc1Cl. The normalized spacial score (nSPS) is 9.69. The van der Waals surface area contributed by atoms with Crippen molar-refractivity contribution in [3.8, 4) is 0 Å². The first-order valence-corrected chi connectivity index (χ1v) is 3.99. The Balaban J connectivity index is 2.71. The predicted molar refractivity (Wildman–Crippen MR) is 46.5 cm³/mol. The summed E-state index contributed by atoms with van der Waals surface area (Å²) in [6, 6.07) is 1.46. The Morgan fingerprint density at radius 3 is 3.08 bits per heavy atom. The number of aliphatic hydroxyl groups is 1. The lowest BCUT2D eigenvalue weighted by atomic mass is 10.3. The highest BCUT2D eigenvalue weighted by molar-refractivity contribution is 6.32. The molecule has 0 saturated carbocycles. The number of halogens is 1. The van der Waals surface area contributed by atoms with Gasteiger partial charge in [0.05, 0.1) is 18.4 Å². The Bertz CT molecular complexity index is 306. The molecule has 0 atom stereocenters. The molecule has 1 rings (SSSR count). The molecule has 1 heterocycles. The molecule has 0 radical (unpaired) electrons. The van der Waals surface area contributed by atoms with Gasteiger partial charge in [-0.3, -0.25) is 4.79 Å². The smallest absolute Gasteiger partial charge is 0.254 e. The van der Waals surface area contributed by atoms with E-state index in [9.17, 15) is 4.79 Å². The van der Waals surface area contributed by atoms with Gasteiger partial charge in [-0.05, 0) is 6.07 Å². The van der Waals surface area contributed by atoms with Crippen LogP contribution in [0.3, 0.4) is 0 Å². The van der Waals surface area contributed by atoms with Crippen LogP contribution < -0.4 is 5.32 Å². The molecule has 5 nitrogen and oxygen atoms in total. The van der Waals surface area contributed by atoms with Crippen LogP contribution in [-0.4, -0.2) is 34.4 Å². The van der Waals surface area contributed by atoms with Crippen molar-refractivity contribution in [2.24, 2.45) is 0 Å². The second-order valence-electron chi connectivity index (χ2n) is 2.22. The molecule has 1 aromatic heterocycles. The second-order valence-corrected chi connectivity index (χ2v) is 2.57. The van der Waals surface area contributed by atoms with E-state index in [1.807, 2.05) is 0 Å². The topological polar surface area (TPSA) is 75.1 Å². The van der Waals surface area contributed by atoms with E-state index in [1.165, 1.54) is 12.3 Å². The zero-order chi connectivity index (χ0) is 9.68. The lowest BCUT2D eigenvalue weighted by Crippen LogP contribution is -2.26. The van der Waals surface area contributed by atoms with Gasteiger partial charge >= 0.3 is 0 Å². The van der Waals surface area contributed by atoms with Crippen molar-refractivity contribution in [1.29, 1.82) is 0 Å². The first-order valence-electron chi connectivity index (χ1n) is 3.62. The van der Waals surface area contributed by atoms with Crippen LogP contribution in [0.4, 0.5) is 0 Å². The number of aromatic nitrogens is 2. The van der Waals surface area contributed by atoms with Gasteiger partial charge in [0.25, 0.3) is 5.91 Å². The molecule has 0 fully saturated rings. The average molecular weight is 202 g/mol. The van der Waals surface area contributed by atoms with Crippen molar-refractivity contribution >= 4 is 17.5 Å². The zero-order valence-corrected chi connectivity index (χ0v) is 7.45. The zero-order valence-electron chi connectivity index (χ0n) is 6.70. The molecule has 0 spiro atoms. The maximum absolute atomic E-state index is 11.2. The predicted octanol–water partition coefficient (Wildman–Crippen LogP) is -0.148. The fourth-order valence-electron chi connectivity index (χ4n) is 0.749. The van der Waals surface area contributed by atoms with Gasteiger partial charge in [0.1, 0.15) is 0 Å². The van der Waals surface area contributed by atoms with Crippen LogP contribution in [-0.2, 0) is 0 Å². The molecule has 2 N–H and O–H groups in total. The highest BCUT2D eigenvalue weighted by Gasteiger charge is 2.09. The van der Waals surface area contributed by atoms with E-state index in [2.05, 4.69) is 15.5 Å². The van der Waals surface area contributed by atoms with Crippen molar-refractivity contribution in [2.45, 2.75) is 0 Å². The molecule has 0 aliphatic heterocycles. The third-order valence-corrected chi connectivity index (χ3v) is 1.60. The third kappa shape index (κ3) is 2.64. The molecule has 0 bridgehead atoms. The standard InChI is InChI=1S/C7H8ClN3O2/c8-6-5(1-2-10-11-6)7(13)9-3-4-12/h1-2,12H,3-4H2,(H,9,13). The van der Waals surface area contributed by atoms with Gasteiger partial charge in [0, 0.05) is 6.54 Å². The number of carbonyl (C=O) groups excluding carboxylic acids is 1. The van der Waals surface area contributed by atoms with Crippen LogP contribution in [0.25, 0.3) is 0 Å². The Morgan fingerprint density at radius 2 is 2.46 bits per heavy atom. The maximum Gasteiger partial charge on any atom is 0.254 e. The van der Waals surface area contributed by atoms with E-state index in [0.29, 0.717) is 0 Å². The molecule has 0 unspecified atom stereocenters. The molecule has 13 heavy (non-hydrogen) atoms. The third-order valence-electron chi connectivity index (χ3n) is 1.32. The Morgan fingerprint density at radius 1 is 1.69 bits per heavy atom. The molecular formula is C7H8ClN3O2. The second kappa shape index (κ2) is 4.74. The minimum atomic E-state index is -0.367. The van der Waals surface area contributed by atoms with Gasteiger partial charge in [0.15, 0.2) is 5.15 Å². The van der Waals surface area contributed by atoms with Gasteiger partial charge in [-0.25, -0.2) is 0 Å². The number of nitrogens with one attached hydrogen (secondary N) is 1. The van der Waals surface area contributed by atoms with Gasteiger partial charge < -0.3 is 10.4 Å². The van der Waals surface area contributed by atoms with Crippen LogP contribution in [0.1, 0.15) is 10.4 Å². The molecule has 6 heteroatoms. The van der Waals surface area contributed by atoms with Crippen LogP contribution in [0.5, 0.6) is 0 Å². The Labute approximate surface area is 79.7 Å². The molecule has 0 aromatic carbocycles. The minimum absolute atomic E-state index is 0.0536. The summed E-state index contributed by atoms with van der Waals surface area (Å²) < 4.78 is 0. The van der Waals surface area contributed by atoms with E-state index in [-0.39, 0.29) is 29.8 Å². The number of hydrogen-bond donors (Lipinski definition) is 2. The number of amides is 1. The number of rotatable bonds is 3. The molecule has 0 saturated heterocycles. The first-order chi connectivity index (χ1) is 6.25. The monoisotopic (exact) mass is 201 g/mol. The Kier molecular flexibility index (Phi) is 3.60. The van der Waals surface area contributed by atoms with Crippen molar-refractivity contribution in [3.63, 3.8) is 0 Å². The van der Waals surface area contributed by atoms with Gasteiger partial charge in [-0.15, -0.1) is 5.10 Å². The highest BCUT2D eigenvalue weighted by atomic mass is 35.5. The fourth-order valence-corrected chi connectivity index (χ4v) is 0.941. The number of hydrogen-bond acceptors (Lipinski definition) is 4. The lowest BCUT2D eigenvalue weighted by molar-refractivity contribution is 0.0944. The van der Waals surface area contributed by atoms with E-state index in [4.69, 9.17) is 16.7 Å². The van der Waals surface area contributed by atoms with Crippen LogP contribution in [0, 0.1) is 0 Å². The van der Waals surface area contributed by atoms with Crippen molar-refractivity contribution < 1.29 is 9.90 Å². The van der Waals surface area contributed by atoms with E-state index in [1.54, 1.807) is 0 Å². The maximum atomic E-state index is 11.2. The van der Waals surface area contributed by atoms with Gasteiger partial charge in [0.2, 0.25) is 0 Å². The van der Waals surface area contributed by atoms with Crippen LogP contribution in [0.2, 0.25) is 5.15 Å². The summed E-state index contributed by atoms with van der Waals surface area (Å²) in [6.45, 7) is 0.0827. The number of aliphatic hydroxyl groups excluding tert-OH is 1. The van der Waals surface area contributed by atoms with E-state index in [0.717, 1.165) is 0 Å². The fraction of sp³-hybridized carbons (Fsp3) is 0.286. The van der Waals surface area contributed by atoms with Crippen LogP contribution in [0.15, 0.2) is 12.3 Å². The van der Waals surface area contributed by atoms with Gasteiger partial charge in [-0.1, -0.05) is 11.6 Å². The summed E-state index contributed by atoms with van der Waals surface area (Å²) >= 11 is 5.60. The Hall–Kier alpha value is -1.20. The summed E-state index contributed by atoms with van der Waals surface area (Å²) in [4.78, 5) is 11.2. The summed E-state index contributed by atoms with van der Waals surface area (Å²) in [6.07, 6.45) is 1.37. The molecule has 0 aliphatic rings. The molecular weight excluding hydrogens is 194 g/mol. The number of carbonyl (C=O) groups is 1. The summed E-state index contributed by atoms with van der Waals surface area (Å²) in [5.74, 6) is -0.367. The molecule has 70 valence electrons. The van der Waals surface area contributed by atoms with Crippen molar-refractivity contribution in [2.75, 3.05) is 13.2 Å².